The molecule has 4 aromatic rings. The van der Waals surface area contributed by atoms with Gasteiger partial charge in [0.15, 0.2) is 0 Å². The number of carbonyl (C=O) groups is 2. The zero-order valence-corrected chi connectivity index (χ0v) is 23.0. The number of alkyl halides is 3. The number of hydrogen-bond acceptors (Lipinski definition) is 7. The number of amides is 1. The molecule has 4 rings (SSSR count). The van der Waals surface area contributed by atoms with Crippen molar-refractivity contribution >= 4 is 35.0 Å². The molecule has 0 aliphatic rings. The lowest BCUT2D eigenvalue weighted by atomic mass is 10.1. The second-order valence-electron chi connectivity index (χ2n) is 8.87. The van der Waals surface area contributed by atoms with Gasteiger partial charge in [-0.3, -0.25) is 4.79 Å². The average molecular weight is 586 g/mol. The van der Waals surface area contributed by atoms with Crippen LogP contribution in [0, 0.1) is 6.92 Å². The third kappa shape index (κ3) is 11.3. The van der Waals surface area contributed by atoms with Crippen LogP contribution in [0.5, 0.6) is 0 Å². The summed E-state index contributed by atoms with van der Waals surface area (Å²) >= 11 is 1.63. The maximum absolute atomic E-state index is 13.1. The lowest BCUT2D eigenvalue weighted by molar-refractivity contribution is -0.192. The van der Waals surface area contributed by atoms with Crippen LogP contribution < -0.4 is 16.0 Å². The van der Waals surface area contributed by atoms with Gasteiger partial charge in [-0.1, -0.05) is 66.7 Å². The highest BCUT2D eigenvalue weighted by Crippen LogP contribution is 2.15. The Bertz CT molecular complexity index is 1370. The van der Waals surface area contributed by atoms with Crippen LogP contribution >= 0.6 is 11.3 Å². The molecule has 0 radical (unpaired) electrons. The molecule has 8 nitrogen and oxygen atoms in total. The molecule has 0 unspecified atom stereocenters. The second kappa shape index (κ2) is 15.4. The lowest BCUT2D eigenvalue weighted by Gasteiger charge is -2.20. The van der Waals surface area contributed by atoms with Crippen LogP contribution in [0.25, 0.3) is 0 Å². The number of nitrogens with one attached hydrogen (secondary N) is 3. The van der Waals surface area contributed by atoms with Crippen molar-refractivity contribution in [1.82, 2.24) is 15.3 Å². The van der Waals surface area contributed by atoms with Gasteiger partial charge in [0.25, 0.3) is 0 Å². The largest absolute Gasteiger partial charge is 0.490 e. The molecule has 0 spiro atoms. The van der Waals surface area contributed by atoms with E-state index in [1.807, 2.05) is 79.0 Å². The van der Waals surface area contributed by atoms with Gasteiger partial charge in [0, 0.05) is 29.6 Å². The fraction of sp³-hybridized carbons (Fsp3) is 0.241. The molecule has 41 heavy (non-hydrogen) atoms. The quantitative estimate of drug-likeness (QED) is 0.184. The van der Waals surface area contributed by atoms with Crippen LogP contribution in [0.15, 0.2) is 84.2 Å². The zero-order valence-electron chi connectivity index (χ0n) is 22.2. The summed E-state index contributed by atoms with van der Waals surface area (Å²) in [7, 11) is 0. The van der Waals surface area contributed by atoms with Gasteiger partial charge in [0.05, 0.1) is 6.54 Å². The predicted octanol–water partition coefficient (Wildman–Crippen LogP) is 5.47. The molecular formula is C29H30F3N5O3S. The first-order valence-corrected chi connectivity index (χ1v) is 13.5. The molecule has 216 valence electrons. The first kappa shape index (κ1) is 31.1. The number of rotatable bonds is 11. The summed E-state index contributed by atoms with van der Waals surface area (Å²) in [4.78, 5) is 32.3. The zero-order chi connectivity index (χ0) is 29.7. The Morgan fingerprint density at radius 1 is 0.951 bits per heavy atom. The van der Waals surface area contributed by atoms with E-state index in [1.54, 1.807) is 11.3 Å². The molecule has 2 aromatic heterocycles. The molecule has 0 aliphatic heterocycles. The van der Waals surface area contributed by atoms with Crippen LogP contribution in [0.3, 0.4) is 0 Å². The summed E-state index contributed by atoms with van der Waals surface area (Å²) in [6.45, 7) is 3.17. The molecule has 4 N–H and O–H groups in total. The predicted molar refractivity (Wildman–Crippen MR) is 153 cm³/mol. The minimum Gasteiger partial charge on any atom is -0.475 e. The van der Waals surface area contributed by atoms with E-state index in [0.717, 1.165) is 29.1 Å². The Labute approximate surface area is 239 Å². The highest BCUT2D eigenvalue weighted by Gasteiger charge is 2.38. The number of aryl methyl sites for hydroxylation is 1. The molecule has 1 atom stereocenters. The van der Waals surface area contributed by atoms with E-state index in [0.29, 0.717) is 24.7 Å². The highest BCUT2D eigenvalue weighted by molar-refractivity contribution is 7.09. The summed E-state index contributed by atoms with van der Waals surface area (Å²) in [6, 6.07) is 25.7. The minimum atomic E-state index is -5.08. The third-order valence-electron chi connectivity index (χ3n) is 5.57. The van der Waals surface area contributed by atoms with E-state index in [9.17, 15) is 18.0 Å². The Morgan fingerprint density at radius 3 is 2.17 bits per heavy atom. The first-order valence-electron chi connectivity index (χ1n) is 12.6. The number of anilines is 2. The average Bonchev–Trinajstić information content (AvgIpc) is 3.46. The molecule has 0 fully saturated rings. The van der Waals surface area contributed by atoms with Crippen molar-refractivity contribution in [3.63, 3.8) is 0 Å². The summed E-state index contributed by atoms with van der Waals surface area (Å²) in [5.41, 5.74) is 3.17. The number of benzene rings is 2. The summed E-state index contributed by atoms with van der Waals surface area (Å²) in [5.74, 6) is -1.64. The number of aromatic nitrogens is 2. The molecule has 2 aromatic carbocycles. The number of carbonyl (C=O) groups excluding carboxylic acids is 1. The second-order valence-corrected chi connectivity index (χ2v) is 9.90. The van der Waals surface area contributed by atoms with E-state index < -0.39 is 18.2 Å². The number of carboxylic acid groups (broad SMARTS) is 1. The molecule has 1 amide bonds. The van der Waals surface area contributed by atoms with Gasteiger partial charge in [0.2, 0.25) is 11.9 Å². The van der Waals surface area contributed by atoms with E-state index >= 15 is 0 Å². The van der Waals surface area contributed by atoms with Crippen LogP contribution in [-0.2, 0) is 29.0 Å². The number of thiophene rings is 1. The van der Waals surface area contributed by atoms with Crippen LogP contribution in [0.1, 0.15) is 21.7 Å². The van der Waals surface area contributed by atoms with Crippen LogP contribution in [0.2, 0.25) is 0 Å². The van der Waals surface area contributed by atoms with Crippen molar-refractivity contribution in [2.24, 2.45) is 0 Å². The van der Waals surface area contributed by atoms with Crippen LogP contribution in [0.4, 0.5) is 24.9 Å². The van der Waals surface area contributed by atoms with Crippen molar-refractivity contribution < 1.29 is 27.9 Å². The fourth-order valence-electron chi connectivity index (χ4n) is 3.63. The number of carboxylic acids is 1. The van der Waals surface area contributed by atoms with Crippen molar-refractivity contribution in [3.8, 4) is 0 Å². The van der Waals surface area contributed by atoms with Crippen molar-refractivity contribution in [2.75, 3.05) is 17.2 Å². The maximum Gasteiger partial charge on any atom is 0.490 e. The molecule has 0 aliphatic carbocycles. The molecule has 0 saturated carbocycles. The molecule has 2 heterocycles. The van der Waals surface area contributed by atoms with E-state index in [2.05, 4.69) is 38.1 Å². The van der Waals surface area contributed by atoms with Gasteiger partial charge >= 0.3 is 12.1 Å². The van der Waals surface area contributed by atoms with Crippen LogP contribution in [-0.4, -0.2) is 45.7 Å². The van der Waals surface area contributed by atoms with Gasteiger partial charge < -0.3 is 21.1 Å². The molecular weight excluding hydrogens is 555 g/mol. The Kier molecular flexibility index (Phi) is 11.6. The van der Waals surface area contributed by atoms with Gasteiger partial charge in [-0.05, 0) is 35.9 Å². The van der Waals surface area contributed by atoms with Gasteiger partial charge in [-0.2, -0.15) is 18.2 Å². The SMILES string of the molecule is Cc1cc(N[C@@H](Cc2ccccc2)C(=O)NCc2cccs2)nc(NCCc2ccccc2)n1.O=C(O)C(F)(F)F. The number of nitrogens with zero attached hydrogens (tertiary/aromatic N) is 2. The van der Waals surface area contributed by atoms with Gasteiger partial charge in [0.1, 0.15) is 11.9 Å². The monoisotopic (exact) mass is 585 g/mol. The standard InChI is InChI=1S/C27H29N5OS.C2HF3O2/c1-20-17-25(32-27(30-20)28-15-14-21-9-4-2-5-10-21)31-24(18-22-11-6-3-7-12-22)26(33)29-19-23-13-8-16-34-23;3-2(4,5)1(6)7/h2-13,16-17,24H,14-15,18-19H2,1H3,(H,29,33)(H2,28,30,31,32);(H,6,7)/t24-;/m0./s1. The van der Waals surface area contributed by atoms with Crippen molar-refractivity contribution in [3.05, 3.63) is 106 Å². The Hall–Kier alpha value is -4.45. The molecule has 12 heteroatoms. The third-order valence-corrected chi connectivity index (χ3v) is 6.45. The Morgan fingerprint density at radius 2 is 1.59 bits per heavy atom. The summed E-state index contributed by atoms with van der Waals surface area (Å²) in [5, 5.41) is 18.8. The number of halogens is 3. The van der Waals surface area contributed by atoms with E-state index in [-0.39, 0.29) is 5.91 Å². The number of hydrogen-bond donors (Lipinski definition) is 4. The molecule has 0 bridgehead atoms. The summed E-state index contributed by atoms with van der Waals surface area (Å²) < 4.78 is 31.7. The highest BCUT2D eigenvalue weighted by atomic mass is 32.1. The van der Waals surface area contributed by atoms with E-state index in [1.165, 1.54) is 5.56 Å². The fourth-order valence-corrected chi connectivity index (χ4v) is 4.28. The number of aliphatic carboxylic acids is 1. The topological polar surface area (TPSA) is 116 Å². The minimum absolute atomic E-state index is 0.0629. The normalized spacial score (nSPS) is 11.5. The summed E-state index contributed by atoms with van der Waals surface area (Å²) in [6.07, 6.45) is -3.65. The van der Waals surface area contributed by atoms with Gasteiger partial charge in [-0.25, -0.2) is 9.78 Å². The first-order chi connectivity index (χ1) is 19.6. The van der Waals surface area contributed by atoms with E-state index in [4.69, 9.17) is 9.90 Å². The van der Waals surface area contributed by atoms with Crippen molar-refractivity contribution in [1.29, 1.82) is 0 Å². The smallest absolute Gasteiger partial charge is 0.475 e. The lowest BCUT2D eigenvalue weighted by Crippen LogP contribution is -2.41. The Balaban J connectivity index is 0.000000587. The maximum atomic E-state index is 13.1. The van der Waals surface area contributed by atoms with Crippen molar-refractivity contribution in [2.45, 2.75) is 38.5 Å². The van der Waals surface area contributed by atoms with Gasteiger partial charge in [-0.15, -0.1) is 11.3 Å². The molecule has 0 saturated heterocycles.